The van der Waals surface area contributed by atoms with Crippen LogP contribution < -0.4 is 0 Å². The molecule has 0 saturated heterocycles. The smallest absolute Gasteiger partial charge is 0.193 e. The van der Waals surface area contributed by atoms with Crippen LogP contribution in [0.4, 0.5) is 0 Å². The fourth-order valence-electron chi connectivity index (χ4n) is 0.834. The van der Waals surface area contributed by atoms with Crippen molar-refractivity contribution in [1.29, 1.82) is 0 Å². The summed E-state index contributed by atoms with van der Waals surface area (Å²) in [4.78, 5) is 20.2. The first-order chi connectivity index (χ1) is 6.27. The molecule has 0 saturated carbocycles. The van der Waals surface area contributed by atoms with E-state index in [0.29, 0.717) is 18.1 Å². The standard InChI is InChI=1S/C10H6O3/c11-5-1-2-8-3-4-9(7-12)10(13)6-8/h3-7,13H. The number of hydrogen-bond donors (Lipinski definition) is 1. The Bertz CT molecular complexity index is 396. The molecule has 3 heteroatoms. The second-order valence-electron chi connectivity index (χ2n) is 2.28. The molecule has 0 aromatic heterocycles. The van der Waals surface area contributed by atoms with Crippen LogP contribution in [0.5, 0.6) is 5.75 Å². The molecule has 0 radical (unpaired) electrons. The van der Waals surface area contributed by atoms with E-state index in [0.717, 1.165) is 0 Å². The lowest BCUT2D eigenvalue weighted by atomic mass is 10.1. The molecule has 0 aliphatic carbocycles. The Hall–Kier alpha value is -2.08. The average molecular weight is 174 g/mol. The van der Waals surface area contributed by atoms with Crippen LogP contribution in [0.2, 0.25) is 0 Å². The van der Waals surface area contributed by atoms with E-state index in [2.05, 4.69) is 11.8 Å². The molecule has 1 aromatic rings. The molecule has 1 aromatic carbocycles. The molecule has 0 unspecified atom stereocenters. The topological polar surface area (TPSA) is 54.4 Å². The number of phenolic OH excluding ortho intramolecular Hbond substituents is 1. The average Bonchev–Trinajstić information content (AvgIpc) is 2.15. The Kier molecular flexibility index (Phi) is 2.82. The van der Waals surface area contributed by atoms with Crippen molar-refractivity contribution in [3.05, 3.63) is 29.3 Å². The molecule has 0 aliphatic heterocycles. The van der Waals surface area contributed by atoms with Crippen LogP contribution in [0.3, 0.4) is 0 Å². The number of benzene rings is 1. The zero-order chi connectivity index (χ0) is 9.68. The molecular formula is C10H6O3. The van der Waals surface area contributed by atoms with Crippen molar-refractivity contribution in [3.8, 4) is 17.6 Å². The summed E-state index contributed by atoms with van der Waals surface area (Å²) in [5, 5.41) is 9.20. The molecule has 0 bridgehead atoms. The molecule has 1 rings (SSSR count). The molecule has 0 fully saturated rings. The lowest BCUT2D eigenvalue weighted by Crippen LogP contribution is -1.82. The molecule has 0 amide bonds. The van der Waals surface area contributed by atoms with Gasteiger partial charge in [-0.15, -0.1) is 0 Å². The van der Waals surface area contributed by atoms with E-state index in [1.54, 1.807) is 6.07 Å². The van der Waals surface area contributed by atoms with Crippen LogP contribution >= 0.6 is 0 Å². The largest absolute Gasteiger partial charge is 0.507 e. The summed E-state index contributed by atoms with van der Waals surface area (Å²) in [5.41, 5.74) is 0.701. The van der Waals surface area contributed by atoms with Gasteiger partial charge in [-0.1, -0.05) is 5.92 Å². The SMILES string of the molecule is O=CC#Cc1ccc(C=O)c(O)c1. The van der Waals surface area contributed by atoms with Gasteiger partial charge in [0, 0.05) is 5.56 Å². The van der Waals surface area contributed by atoms with E-state index in [9.17, 15) is 14.7 Å². The number of phenols is 1. The van der Waals surface area contributed by atoms with Crippen molar-refractivity contribution in [2.45, 2.75) is 0 Å². The van der Waals surface area contributed by atoms with Gasteiger partial charge in [0.05, 0.1) is 5.56 Å². The van der Waals surface area contributed by atoms with Crippen molar-refractivity contribution >= 4 is 12.6 Å². The number of rotatable bonds is 1. The lowest BCUT2D eigenvalue weighted by molar-refractivity contribution is -0.103. The number of carbonyl (C=O) groups is 2. The third-order valence-electron chi connectivity index (χ3n) is 1.43. The van der Waals surface area contributed by atoms with Crippen LogP contribution in [0.25, 0.3) is 0 Å². The predicted octanol–water partition coefficient (Wildman–Crippen LogP) is 0.755. The highest BCUT2D eigenvalue weighted by Crippen LogP contribution is 2.15. The van der Waals surface area contributed by atoms with E-state index in [-0.39, 0.29) is 11.3 Å². The predicted molar refractivity (Wildman–Crippen MR) is 46.4 cm³/mol. The van der Waals surface area contributed by atoms with Crippen molar-refractivity contribution in [3.63, 3.8) is 0 Å². The molecule has 64 valence electrons. The molecule has 3 nitrogen and oxygen atoms in total. The minimum Gasteiger partial charge on any atom is -0.507 e. The van der Waals surface area contributed by atoms with Crippen LogP contribution in [0.1, 0.15) is 15.9 Å². The van der Waals surface area contributed by atoms with E-state index in [1.165, 1.54) is 12.1 Å². The van der Waals surface area contributed by atoms with E-state index < -0.39 is 0 Å². The normalized spacial score (nSPS) is 8.31. The van der Waals surface area contributed by atoms with Gasteiger partial charge in [0.2, 0.25) is 0 Å². The summed E-state index contributed by atoms with van der Waals surface area (Å²) in [6.07, 6.45) is 1.01. The first kappa shape index (κ1) is 9.01. The van der Waals surface area contributed by atoms with Gasteiger partial charge in [0.25, 0.3) is 0 Å². The molecule has 1 N–H and O–H groups in total. The quantitative estimate of drug-likeness (QED) is 0.505. The van der Waals surface area contributed by atoms with Crippen LogP contribution in [0, 0.1) is 11.8 Å². The molecule has 0 aliphatic rings. The maximum atomic E-state index is 10.3. The van der Waals surface area contributed by atoms with Gasteiger partial charge in [0.1, 0.15) is 5.75 Å². The molecule has 13 heavy (non-hydrogen) atoms. The third-order valence-corrected chi connectivity index (χ3v) is 1.43. The molecule has 0 atom stereocenters. The van der Waals surface area contributed by atoms with Gasteiger partial charge in [-0.2, -0.15) is 0 Å². The van der Waals surface area contributed by atoms with Gasteiger partial charge in [-0.3, -0.25) is 9.59 Å². The third kappa shape index (κ3) is 2.17. The van der Waals surface area contributed by atoms with Gasteiger partial charge < -0.3 is 5.11 Å². The number of aldehydes is 2. The highest BCUT2D eigenvalue weighted by Gasteiger charge is 1.98. The summed E-state index contributed by atoms with van der Waals surface area (Å²) >= 11 is 0. The monoisotopic (exact) mass is 174 g/mol. The number of hydrogen-bond acceptors (Lipinski definition) is 3. The molecular weight excluding hydrogens is 168 g/mol. The first-order valence-corrected chi connectivity index (χ1v) is 3.51. The minimum atomic E-state index is -0.132. The van der Waals surface area contributed by atoms with Gasteiger partial charge in [-0.05, 0) is 24.1 Å². The fraction of sp³-hybridized carbons (Fsp3) is 0. The second kappa shape index (κ2) is 4.07. The highest BCUT2D eigenvalue weighted by molar-refractivity contribution is 5.80. The Morgan fingerprint density at radius 3 is 2.62 bits per heavy atom. The minimum absolute atomic E-state index is 0.132. The fourth-order valence-corrected chi connectivity index (χ4v) is 0.834. The van der Waals surface area contributed by atoms with Gasteiger partial charge >= 0.3 is 0 Å². The lowest BCUT2D eigenvalue weighted by Gasteiger charge is -1.96. The summed E-state index contributed by atoms with van der Waals surface area (Å²) in [6, 6.07) is 4.33. The Morgan fingerprint density at radius 2 is 2.08 bits per heavy atom. The summed E-state index contributed by atoms with van der Waals surface area (Å²) < 4.78 is 0. The van der Waals surface area contributed by atoms with Crippen molar-refractivity contribution in [2.24, 2.45) is 0 Å². The van der Waals surface area contributed by atoms with E-state index >= 15 is 0 Å². The van der Waals surface area contributed by atoms with Crippen LogP contribution in [0.15, 0.2) is 18.2 Å². The molecule has 0 spiro atoms. The second-order valence-corrected chi connectivity index (χ2v) is 2.28. The maximum Gasteiger partial charge on any atom is 0.193 e. The maximum absolute atomic E-state index is 10.3. The summed E-state index contributed by atoms with van der Waals surface area (Å²) in [5.74, 6) is 4.56. The van der Waals surface area contributed by atoms with Gasteiger partial charge in [0.15, 0.2) is 12.6 Å². The Labute approximate surface area is 75.0 Å². The number of aromatic hydroxyl groups is 1. The Balaban J connectivity index is 3.09. The first-order valence-electron chi connectivity index (χ1n) is 3.51. The van der Waals surface area contributed by atoms with E-state index in [1.807, 2.05) is 0 Å². The van der Waals surface area contributed by atoms with Gasteiger partial charge in [-0.25, -0.2) is 0 Å². The zero-order valence-corrected chi connectivity index (χ0v) is 6.65. The van der Waals surface area contributed by atoms with Crippen LogP contribution in [-0.4, -0.2) is 17.7 Å². The Morgan fingerprint density at radius 1 is 1.31 bits per heavy atom. The van der Waals surface area contributed by atoms with Crippen molar-refractivity contribution in [2.75, 3.05) is 0 Å². The van der Waals surface area contributed by atoms with Crippen molar-refractivity contribution in [1.82, 2.24) is 0 Å². The summed E-state index contributed by atoms with van der Waals surface area (Å²) in [7, 11) is 0. The zero-order valence-electron chi connectivity index (χ0n) is 6.65. The highest BCUT2D eigenvalue weighted by atomic mass is 16.3. The number of carbonyl (C=O) groups excluding carboxylic acids is 2. The van der Waals surface area contributed by atoms with E-state index in [4.69, 9.17) is 0 Å². The van der Waals surface area contributed by atoms with Crippen LogP contribution in [-0.2, 0) is 4.79 Å². The molecule has 0 heterocycles. The summed E-state index contributed by atoms with van der Waals surface area (Å²) in [6.45, 7) is 0. The van der Waals surface area contributed by atoms with Crippen molar-refractivity contribution < 1.29 is 14.7 Å².